The second-order valence-electron chi connectivity index (χ2n) is 4.93. The molecule has 1 amide bonds. The number of hydrogen-bond acceptors (Lipinski definition) is 5. The van der Waals surface area contributed by atoms with Gasteiger partial charge in [0.1, 0.15) is 5.75 Å². The topological polar surface area (TPSA) is 108 Å². The molecule has 0 radical (unpaired) electrons. The van der Waals surface area contributed by atoms with Gasteiger partial charge < -0.3 is 10.1 Å². The molecule has 2 N–H and O–H groups in total. The molecule has 0 bridgehead atoms. The zero-order valence-corrected chi connectivity index (χ0v) is 13.8. The quantitative estimate of drug-likeness (QED) is 0.863. The zero-order valence-electron chi connectivity index (χ0n) is 13.0. The SMILES string of the molecule is COc1cc(NC(=O)c2ccc(C#N)cc2)ccc1NS(C)(=O)=O. The van der Waals surface area contributed by atoms with Crippen molar-refractivity contribution in [3.63, 3.8) is 0 Å². The summed E-state index contributed by atoms with van der Waals surface area (Å²) in [5.74, 6) is -0.0802. The monoisotopic (exact) mass is 345 g/mol. The number of hydrogen-bond donors (Lipinski definition) is 2. The van der Waals surface area contributed by atoms with Crippen LogP contribution in [0.2, 0.25) is 0 Å². The van der Waals surface area contributed by atoms with Crippen molar-refractivity contribution in [3.05, 3.63) is 53.6 Å². The molecule has 24 heavy (non-hydrogen) atoms. The number of amides is 1. The first-order chi connectivity index (χ1) is 11.3. The molecule has 2 aromatic carbocycles. The molecule has 0 aromatic heterocycles. The lowest BCUT2D eigenvalue weighted by atomic mass is 10.1. The molecule has 0 aliphatic heterocycles. The van der Waals surface area contributed by atoms with E-state index in [0.29, 0.717) is 16.8 Å². The molecule has 0 atom stereocenters. The Morgan fingerprint density at radius 3 is 2.38 bits per heavy atom. The fourth-order valence-electron chi connectivity index (χ4n) is 1.95. The summed E-state index contributed by atoms with van der Waals surface area (Å²) in [5.41, 5.74) is 1.58. The number of ether oxygens (including phenoxy) is 1. The summed E-state index contributed by atoms with van der Waals surface area (Å²) in [4.78, 5) is 12.2. The predicted molar refractivity (Wildman–Crippen MR) is 90.6 cm³/mol. The van der Waals surface area contributed by atoms with Crippen LogP contribution in [0.25, 0.3) is 0 Å². The van der Waals surface area contributed by atoms with Gasteiger partial charge in [0.25, 0.3) is 5.91 Å². The second kappa shape index (κ2) is 7.02. The highest BCUT2D eigenvalue weighted by atomic mass is 32.2. The van der Waals surface area contributed by atoms with E-state index in [4.69, 9.17) is 10.00 Å². The number of nitrogens with zero attached hydrogens (tertiary/aromatic N) is 1. The van der Waals surface area contributed by atoms with Gasteiger partial charge in [0.2, 0.25) is 10.0 Å². The number of benzene rings is 2. The highest BCUT2D eigenvalue weighted by Crippen LogP contribution is 2.28. The fraction of sp³-hybridized carbons (Fsp3) is 0.125. The summed E-state index contributed by atoms with van der Waals surface area (Å²) >= 11 is 0. The lowest BCUT2D eigenvalue weighted by Crippen LogP contribution is -2.13. The first-order valence-corrected chi connectivity index (χ1v) is 8.69. The third kappa shape index (κ3) is 4.47. The summed E-state index contributed by atoms with van der Waals surface area (Å²) in [6.45, 7) is 0. The lowest BCUT2D eigenvalue weighted by Gasteiger charge is -2.12. The number of rotatable bonds is 5. The minimum absolute atomic E-state index is 0.274. The average Bonchev–Trinajstić information content (AvgIpc) is 2.55. The molecule has 2 rings (SSSR count). The highest BCUT2D eigenvalue weighted by molar-refractivity contribution is 7.92. The maximum atomic E-state index is 12.2. The Bertz CT molecular complexity index is 900. The van der Waals surface area contributed by atoms with Gasteiger partial charge in [-0.2, -0.15) is 5.26 Å². The van der Waals surface area contributed by atoms with E-state index in [9.17, 15) is 13.2 Å². The predicted octanol–water partition coefficient (Wildman–Crippen LogP) is 2.19. The molecule has 0 aliphatic carbocycles. The Labute approximate surface area is 139 Å². The van der Waals surface area contributed by atoms with Crippen LogP contribution in [0.4, 0.5) is 11.4 Å². The van der Waals surface area contributed by atoms with E-state index < -0.39 is 10.0 Å². The number of sulfonamides is 1. The molecular weight excluding hydrogens is 330 g/mol. The Morgan fingerprint density at radius 1 is 1.17 bits per heavy atom. The molecule has 0 heterocycles. The minimum Gasteiger partial charge on any atom is -0.494 e. The molecular formula is C16H15N3O4S. The van der Waals surface area contributed by atoms with Gasteiger partial charge >= 0.3 is 0 Å². The first-order valence-electron chi connectivity index (χ1n) is 6.80. The Hall–Kier alpha value is -3.05. The third-order valence-corrected chi connectivity index (χ3v) is 3.62. The molecule has 0 unspecified atom stereocenters. The van der Waals surface area contributed by atoms with Crippen LogP contribution in [-0.4, -0.2) is 27.7 Å². The zero-order chi connectivity index (χ0) is 17.7. The summed E-state index contributed by atoms with van der Waals surface area (Å²) in [6, 6.07) is 12.7. The molecule has 2 aromatic rings. The summed E-state index contributed by atoms with van der Waals surface area (Å²) < 4.78 is 30.1. The Morgan fingerprint density at radius 2 is 1.83 bits per heavy atom. The van der Waals surface area contributed by atoms with Crippen molar-refractivity contribution < 1.29 is 17.9 Å². The van der Waals surface area contributed by atoms with Crippen molar-refractivity contribution >= 4 is 27.3 Å². The number of carbonyl (C=O) groups excluding carboxylic acids is 1. The number of nitrogens with one attached hydrogen (secondary N) is 2. The Balaban J connectivity index is 2.20. The second-order valence-corrected chi connectivity index (χ2v) is 6.68. The van der Waals surface area contributed by atoms with E-state index >= 15 is 0 Å². The average molecular weight is 345 g/mol. The normalized spacial score (nSPS) is 10.5. The van der Waals surface area contributed by atoms with Crippen molar-refractivity contribution in [3.8, 4) is 11.8 Å². The van der Waals surface area contributed by atoms with Gasteiger partial charge in [0, 0.05) is 17.3 Å². The van der Waals surface area contributed by atoms with Crippen LogP contribution in [0.1, 0.15) is 15.9 Å². The van der Waals surface area contributed by atoms with E-state index in [1.165, 1.54) is 19.2 Å². The van der Waals surface area contributed by atoms with Crippen molar-refractivity contribution in [2.24, 2.45) is 0 Å². The van der Waals surface area contributed by atoms with E-state index in [0.717, 1.165) is 6.26 Å². The maximum absolute atomic E-state index is 12.2. The largest absolute Gasteiger partial charge is 0.494 e. The lowest BCUT2D eigenvalue weighted by molar-refractivity contribution is 0.102. The molecule has 7 nitrogen and oxygen atoms in total. The van der Waals surface area contributed by atoms with E-state index in [1.807, 2.05) is 6.07 Å². The molecule has 0 saturated carbocycles. The van der Waals surface area contributed by atoms with Gasteiger partial charge in [0.15, 0.2) is 0 Å². The standard InChI is InChI=1S/C16H15N3O4S/c1-23-15-9-13(7-8-14(15)19-24(2,21)22)18-16(20)12-5-3-11(10-17)4-6-12/h3-9,19H,1-2H3,(H,18,20). The van der Waals surface area contributed by atoms with Crippen molar-refractivity contribution in [1.82, 2.24) is 0 Å². The molecule has 0 saturated heterocycles. The number of methoxy groups -OCH3 is 1. The summed E-state index contributed by atoms with van der Waals surface area (Å²) in [7, 11) is -2.04. The molecule has 0 fully saturated rings. The van der Waals surface area contributed by atoms with Crippen molar-refractivity contribution in [2.45, 2.75) is 0 Å². The molecule has 0 aliphatic rings. The smallest absolute Gasteiger partial charge is 0.255 e. The van der Waals surface area contributed by atoms with Crippen molar-refractivity contribution in [1.29, 1.82) is 5.26 Å². The van der Waals surface area contributed by atoms with Gasteiger partial charge in [0.05, 0.1) is 30.7 Å². The van der Waals surface area contributed by atoms with Gasteiger partial charge in [-0.3, -0.25) is 9.52 Å². The van der Waals surface area contributed by atoms with Crippen LogP contribution in [0.15, 0.2) is 42.5 Å². The van der Waals surface area contributed by atoms with Gasteiger partial charge in [-0.25, -0.2) is 8.42 Å². The molecule has 0 spiro atoms. The van der Waals surface area contributed by atoms with Crippen LogP contribution in [0, 0.1) is 11.3 Å². The fourth-order valence-corrected chi connectivity index (χ4v) is 2.52. The third-order valence-electron chi connectivity index (χ3n) is 3.03. The maximum Gasteiger partial charge on any atom is 0.255 e. The van der Waals surface area contributed by atoms with E-state index in [-0.39, 0.29) is 17.3 Å². The highest BCUT2D eigenvalue weighted by Gasteiger charge is 2.11. The number of nitriles is 1. The summed E-state index contributed by atoms with van der Waals surface area (Å²) in [6.07, 6.45) is 1.03. The van der Waals surface area contributed by atoms with Crippen LogP contribution in [0.5, 0.6) is 5.75 Å². The van der Waals surface area contributed by atoms with Crippen LogP contribution in [0.3, 0.4) is 0 Å². The van der Waals surface area contributed by atoms with Gasteiger partial charge in [-0.05, 0) is 36.4 Å². The van der Waals surface area contributed by atoms with Crippen LogP contribution in [-0.2, 0) is 10.0 Å². The number of carbonyl (C=O) groups is 1. The van der Waals surface area contributed by atoms with Crippen LogP contribution >= 0.6 is 0 Å². The number of anilines is 2. The summed E-state index contributed by atoms with van der Waals surface area (Å²) in [5, 5.41) is 11.4. The van der Waals surface area contributed by atoms with Crippen LogP contribution < -0.4 is 14.8 Å². The van der Waals surface area contributed by atoms with E-state index in [2.05, 4.69) is 10.0 Å². The molecule has 124 valence electrons. The van der Waals surface area contributed by atoms with Crippen molar-refractivity contribution in [2.75, 3.05) is 23.4 Å². The minimum atomic E-state index is -3.44. The van der Waals surface area contributed by atoms with E-state index in [1.54, 1.807) is 30.3 Å². The Kier molecular flexibility index (Phi) is 5.06. The molecule has 8 heteroatoms. The first kappa shape index (κ1) is 17.3. The van der Waals surface area contributed by atoms with Gasteiger partial charge in [-0.15, -0.1) is 0 Å². The van der Waals surface area contributed by atoms with Gasteiger partial charge in [-0.1, -0.05) is 0 Å².